The lowest BCUT2D eigenvalue weighted by molar-refractivity contribution is -0.0192. The Morgan fingerprint density at radius 3 is 3.05 bits per heavy atom. The third-order valence-electron chi connectivity index (χ3n) is 3.62. The minimum atomic E-state index is -0.286. The van der Waals surface area contributed by atoms with Gasteiger partial charge in [0, 0.05) is 19.6 Å². The molecular weight excluding hydrogens is 257 g/mol. The fraction of sp³-hybridized carbons (Fsp3) is 0.667. The molecule has 2 unspecified atom stereocenters. The summed E-state index contributed by atoms with van der Waals surface area (Å²) in [6.45, 7) is 8.84. The van der Waals surface area contributed by atoms with Crippen molar-refractivity contribution in [1.82, 2.24) is 15.2 Å². The Bertz CT molecular complexity index is 399. The summed E-state index contributed by atoms with van der Waals surface area (Å²) in [5.41, 5.74) is 0.912. The molecule has 1 aromatic heterocycles. The number of halogens is 1. The molecule has 1 aliphatic heterocycles. The summed E-state index contributed by atoms with van der Waals surface area (Å²) in [6.07, 6.45) is 2.57. The van der Waals surface area contributed by atoms with Crippen LogP contribution in [0.1, 0.15) is 32.0 Å². The van der Waals surface area contributed by atoms with Crippen LogP contribution in [0.5, 0.6) is 0 Å². The number of nitrogens with one attached hydrogen (secondary N) is 1. The summed E-state index contributed by atoms with van der Waals surface area (Å²) in [5.74, 6) is -0.286. The molecule has 1 fully saturated rings. The van der Waals surface area contributed by atoms with E-state index in [1.54, 1.807) is 6.07 Å². The van der Waals surface area contributed by atoms with Gasteiger partial charge < -0.3 is 10.1 Å². The number of hydrogen-bond donors (Lipinski definition) is 1. The Morgan fingerprint density at radius 2 is 2.40 bits per heavy atom. The zero-order chi connectivity index (χ0) is 14.4. The van der Waals surface area contributed by atoms with Gasteiger partial charge in [0.15, 0.2) is 0 Å². The van der Waals surface area contributed by atoms with Crippen LogP contribution in [-0.4, -0.2) is 48.8 Å². The van der Waals surface area contributed by atoms with Gasteiger partial charge in [0.2, 0.25) is 0 Å². The van der Waals surface area contributed by atoms with Crippen LogP contribution >= 0.6 is 0 Å². The van der Waals surface area contributed by atoms with Gasteiger partial charge in [0.1, 0.15) is 5.82 Å². The van der Waals surface area contributed by atoms with E-state index in [0.29, 0.717) is 6.10 Å². The van der Waals surface area contributed by atoms with E-state index in [1.165, 1.54) is 12.3 Å². The number of ether oxygens (including phenoxy) is 1. The quantitative estimate of drug-likeness (QED) is 0.865. The number of hydrogen-bond acceptors (Lipinski definition) is 4. The van der Waals surface area contributed by atoms with Crippen LogP contribution in [0.4, 0.5) is 4.39 Å². The fourth-order valence-electron chi connectivity index (χ4n) is 2.60. The van der Waals surface area contributed by atoms with Gasteiger partial charge >= 0.3 is 0 Å². The first-order chi connectivity index (χ1) is 9.69. The average Bonchev–Trinajstić information content (AvgIpc) is 2.44. The monoisotopic (exact) mass is 281 g/mol. The predicted molar refractivity (Wildman–Crippen MR) is 77.1 cm³/mol. The van der Waals surface area contributed by atoms with Crippen LogP contribution in [0.25, 0.3) is 0 Å². The molecule has 0 spiro atoms. The van der Waals surface area contributed by atoms with Crippen molar-refractivity contribution in [2.45, 2.75) is 32.4 Å². The van der Waals surface area contributed by atoms with Crippen molar-refractivity contribution in [3.05, 3.63) is 29.8 Å². The van der Waals surface area contributed by atoms with E-state index in [1.807, 2.05) is 0 Å². The van der Waals surface area contributed by atoms with Gasteiger partial charge in [-0.05, 0) is 32.0 Å². The Kier molecular flexibility index (Phi) is 5.88. The van der Waals surface area contributed by atoms with E-state index in [2.05, 4.69) is 29.0 Å². The van der Waals surface area contributed by atoms with Gasteiger partial charge in [-0.3, -0.25) is 9.88 Å². The minimum absolute atomic E-state index is 0.179. The maximum Gasteiger partial charge on any atom is 0.141 e. The molecule has 2 atom stereocenters. The SMILES string of the molecule is CCNC(CCN1CCOC(C)C1)c1ccc(F)cn1. The van der Waals surface area contributed by atoms with Crippen molar-refractivity contribution in [2.75, 3.05) is 32.8 Å². The number of aromatic nitrogens is 1. The van der Waals surface area contributed by atoms with Crippen molar-refractivity contribution in [1.29, 1.82) is 0 Å². The molecule has 5 heteroatoms. The van der Waals surface area contributed by atoms with E-state index >= 15 is 0 Å². The number of nitrogens with zero attached hydrogens (tertiary/aromatic N) is 2. The maximum absolute atomic E-state index is 13.0. The highest BCUT2D eigenvalue weighted by Crippen LogP contribution is 2.16. The van der Waals surface area contributed by atoms with Crippen LogP contribution in [0, 0.1) is 5.82 Å². The summed E-state index contributed by atoms with van der Waals surface area (Å²) < 4.78 is 18.5. The lowest BCUT2D eigenvalue weighted by Gasteiger charge is -2.32. The molecule has 0 aromatic carbocycles. The van der Waals surface area contributed by atoms with Gasteiger partial charge in [-0.25, -0.2) is 4.39 Å². The molecule has 0 radical (unpaired) electrons. The molecule has 4 nitrogen and oxygen atoms in total. The molecule has 1 aliphatic rings. The lowest BCUT2D eigenvalue weighted by Crippen LogP contribution is -2.42. The molecule has 20 heavy (non-hydrogen) atoms. The van der Waals surface area contributed by atoms with E-state index < -0.39 is 0 Å². The van der Waals surface area contributed by atoms with Crippen LogP contribution in [0.3, 0.4) is 0 Å². The normalized spacial score (nSPS) is 21.9. The van der Waals surface area contributed by atoms with E-state index in [-0.39, 0.29) is 11.9 Å². The Labute approximate surface area is 120 Å². The molecule has 1 saturated heterocycles. The van der Waals surface area contributed by atoms with E-state index in [0.717, 1.165) is 44.9 Å². The van der Waals surface area contributed by atoms with Crippen LogP contribution in [0.15, 0.2) is 18.3 Å². The van der Waals surface area contributed by atoms with Gasteiger partial charge in [-0.1, -0.05) is 6.92 Å². The number of pyridine rings is 1. The van der Waals surface area contributed by atoms with Crippen LogP contribution < -0.4 is 5.32 Å². The largest absolute Gasteiger partial charge is 0.376 e. The minimum Gasteiger partial charge on any atom is -0.376 e. The first-order valence-corrected chi connectivity index (χ1v) is 7.38. The molecule has 1 N–H and O–H groups in total. The molecule has 112 valence electrons. The molecular formula is C15H24FN3O. The van der Waals surface area contributed by atoms with Gasteiger partial charge in [-0.15, -0.1) is 0 Å². The second-order valence-electron chi connectivity index (χ2n) is 5.28. The molecule has 0 aliphatic carbocycles. The second kappa shape index (κ2) is 7.67. The van der Waals surface area contributed by atoms with Crippen LogP contribution in [0.2, 0.25) is 0 Å². The van der Waals surface area contributed by atoms with Crippen molar-refractivity contribution < 1.29 is 9.13 Å². The van der Waals surface area contributed by atoms with Gasteiger partial charge in [0.05, 0.1) is 30.6 Å². The summed E-state index contributed by atoms with van der Waals surface area (Å²) in [4.78, 5) is 6.61. The third-order valence-corrected chi connectivity index (χ3v) is 3.62. The second-order valence-corrected chi connectivity index (χ2v) is 5.28. The molecule has 0 saturated carbocycles. The predicted octanol–water partition coefficient (Wildman–Crippen LogP) is 1.98. The molecule has 1 aromatic rings. The Balaban J connectivity index is 1.90. The first kappa shape index (κ1) is 15.4. The van der Waals surface area contributed by atoms with Gasteiger partial charge in [-0.2, -0.15) is 0 Å². The van der Waals surface area contributed by atoms with E-state index in [4.69, 9.17) is 4.74 Å². The van der Waals surface area contributed by atoms with Crippen molar-refractivity contribution >= 4 is 0 Å². The van der Waals surface area contributed by atoms with Crippen molar-refractivity contribution in [2.24, 2.45) is 0 Å². The smallest absolute Gasteiger partial charge is 0.141 e. The van der Waals surface area contributed by atoms with Gasteiger partial charge in [0.25, 0.3) is 0 Å². The lowest BCUT2D eigenvalue weighted by atomic mass is 10.1. The Hall–Kier alpha value is -1.04. The standard InChI is InChI=1S/C15H24FN3O/c1-3-17-15(14-5-4-13(16)10-18-14)6-7-19-8-9-20-12(2)11-19/h4-5,10,12,15,17H,3,6-9,11H2,1-2H3. The first-order valence-electron chi connectivity index (χ1n) is 7.38. The summed E-state index contributed by atoms with van der Waals surface area (Å²) >= 11 is 0. The zero-order valence-corrected chi connectivity index (χ0v) is 12.3. The summed E-state index contributed by atoms with van der Waals surface area (Å²) in [5, 5.41) is 3.43. The highest BCUT2D eigenvalue weighted by molar-refractivity contribution is 5.10. The van der Waals surface area contributed by atoms with Crippen molar-refractivity contribution in [3.8, 4) is 0 Å². The zero-order valence-electron chi connectivity index (χ0n) is 12.3. The number of rotatable bonds is 6. The summed E-state index contributed by atoms with van der Waals surface area (Å²) in [7, 11) is 0. The average molecular weight is 281 g/mol. The maximum atomic E-state index is 13.0. The van der Waals surface area contributed by atoms with Crippen molar-refractivity contribution in [3.63, 3.8) is 0 Å². The third kappa shape index (κ3) is 4.51. The highest BCUT2D eigenvalue weighted by Gasteiger charge is 2.19. The highest BCUT2D eigenvalue weighted by atomic mass is 19.1. The Morgan fingerprint density at radius 1 is 1.55 bits per heavy atom. The number of morpholine rings is 1. The molecule has 0 bridgehead atoms. The molecule has 0 amide bonds. The molecule has 2 rings (SSSR count). The topological polar surface area (TPSA) is 37.4 Å². The van der Waals surface area contributed by atoms with E-state index in [9.17, 15) is 4.39 Å². The summed E-state index contributed by atoms with van der Waals surface area (Å²) in [6, 6.07) is 3.42. The molecule has 2 heterocycles. The van der Waals surface area contributed by atoms with Crippen LogP contribution in [-0.2, 0) is 4.74 Å². The fourth-order valence-corrected chi connectivity index (χ4v) is 2.60.